The minimum absolute atomic E-state index is 0. The van der Waals surface area contributed by atoms with Crippen LogP contribution in [0.3, 0.4) is 0 Å². The Kier molecular flexibility index (Phi) is 4.27. The van der Waals surface area contributed by atoms with Crippen LogP contribution in [0.4, 0.5) is 0 Å². The van der Waals surface area contributed by atoms with Gasteiger partial charge < -0.3 is 0 Å². The van der Waals surface area contributed by atoms with Gasteiger partial charge >= 0.3 is 118 Å². The zero-order valence-corrected chi connectivity index (χ0v) is 13.0. The molecular formula is C13H18BCl2NO3. The largest absolute Gasteiger partial charge is 0.147 e. The predicted molar refractivity (Wildman–Crippen MR) is 82.4 cm³/mol. The Balaban J connectivity index is 0.00000147. The summed E-state index contributed by atoms with van der Waals surface area (Å²) in [4.78, 5) is 0. The molecule has 0 aromatic heterocycles. The van der Waals surface area contributed by atoms with E-state index in [0.29, 0.717) is 11.6 Å². The summed E-state index contributed by atoms with van der Waals surface area (Å²) in [5, 5.41) is 0.612. The van der Waals surface area contributed by atoms with Crippen molar-refractivity contribution < 1.29 is 14.1 Å². The number of ether oxygens (including phenoxy) is 2. The molecule has 2 N–H and O–H groups in total. The molecule has 0 saturated carbocycles. The van der Waals surface area contributed by atoms with Crippen LogP contribution < -0.4 is 5.73 Å². The van der Waals surface area contributed by atoms with E-state index in [9.17, 15) is 0 Å². The van der Waals surface area contributed by atoms with Crippen molar-refractivity contribution in [3.63, 3.8) is 0 Å². The van der Waals surface area contributed by atoms with E-state index in [1.54, 1.807) is 13.4 Å². The van der Waals surface area contributed by atoms with Crippen molar-refractivity contribution in [2.24, 2.45) is 5.73 Å². The van der Waals surface area contributed by atoms with Crippen molar-refractivity contribution in [3.8, 4) is 0 Å². The standard InChI is InChI=1S/C13H17BClNO3.ClH/c1-12(2)6-11-13(3-4-17-12)10(14-19-11)5-8(15)9(7-16)18-13;/h3-5,9,11H,6-7,16H2,1-2H3;1H. The molecule has 3 aliphatic rings. The molecule has 20 heavy (non-hydrogen) atoms. The number of halogens is 2. The third-order valence-corrected chi connectivity index (χ3v) is 4.17. The minimum Gasteiger partial charge on any atom is -0.147 e. The first-order valence-electron chi connectivity index (χ1n) is 6.43. The second kappa shape index (κ2) is 5.37. The van der Waals surface area contributed by atoms with E-state index in [-0.39, 0.29) is 30.2 Å². The first-order valence-corrected chi connectivity index (χ1v) is 6.81. The van der Waals surface area contributed by atoms with Crippen molar-refractivity contribution in [3.05, 3.63) is 23.4 Å². The molecule has 0 aromatic carbocycles. The molecule has 0 amide bonds. The van der Waals surface area contributed by atoms with Crippen LogP contribution in [0.15, 0.2) is 23.4 Å². The summed E-state index contributed by atoms with van der Waals surface area (Å²) in [6.07, 6.45) is 5.81. The zero-order chi connectivity index (χ0) is 13.7. The second-order valence-electron chi connectivity index (χ2n) is 5.75. The van der Waals surface area contributed by atoms with Crippen LogP contribution in [0.25, 0.3) is 0 Å². The summed E-state index contributed by atoms with van der Waals surface area (Å²) in [5.74, 6) is 0. The molecule has 7 heteroatoms. The summed E-state index contributed by atoms with van der Waals surface area (Å²) in [6, 6.07) is 0. The van der Waals surface area contributed by atoms with Crippen LogP contribution in [-0.4, -0.2) is 42.5 Å². The van der Waals surface area contributed by atoms with Crippen LogP contribution >= 0.6 is 24.0 Å². The monoisotopic (exact) mass is 317 g/mol. The molecule has 3 unspecified atom stereocenters. The van der Waals surface area contributed by atoms with Crippen LogP contribution in [0.1, 0.15) is 20.3 Å². The Morgan fingerprint density at radius 2 is 2.25 bits per heavy atom. The summed E-state index contributed by atoms with van der Waals surface area (Å²) >= 11 is 6.18. The smallest absolute Gasteiger partial charge is 0.147 e. The molecule has 0 aliphatic carbocycles. The first-order chi connectivity index (χ1) is 8.97. The van der Waals surface area contributed by atoms with Crippen LogP contribution in [0.2, 0.25) is 0 Å². The third-order valence-electron chi connectivity index (χ3n) is 3.82. The normalized spacial score (nSPS) is 36.8. The van der Waals surface area contributed by atoms with Crippen LogP contribution in [0.5, 0.6) is 0 Å². The van der Waals surface area contributed by atoms with Crippen molar-refractivity contribution in [2.45, 2.75) is 43.7 Å². The maximum atomic E-state index is 6.18. The summed E-state index contributed by atoms with van der Waals surface area (Å²) in [5.41, 5.74) is 5.72. The molecule has 3 heterocycles. The van der Waals surface area contributed by atoms with Crippen molar-refractivity contribution in [1.29, 1.82) is 0 Å². The molecule has 4 nitrogen and oxygen atoms in total. The Morgan fingerprint density at radius 3 is 2.95 bits per heavy atom. The van der Waals surface area contributed by atoms with E-state index in [2.05, 4.69) is 0 Å². The molecule has 3 rings (SSSR count). The quantitative estimate of drug-likeness (QED) is 0.745. The van der Waals surface area contributed by atoms with Gasteiger partial charge in [0.2, 0.25) is 0 Å². The van der Waals surface area contributed by atoms with Gasteiger partial charge in [0.25, 0.3) is 0 Å². The fourth-order valence-electron chi connectivity index (χ4n) is 2.78. The fourth-order valence-corrected chi connectivity index (χ4v) is 3.03. The Labute approximate surface area is 130 Å². The Hall–Kier alpha value is -0.485. The maximum Gasteiger partial charge on any atom is -0.147 e. The molecule has 0 bridgehead atoms. The molecule has 0 fully saturated rings. The number of nitrogens with two attached hydrogens (primary N) is 1. The SMILES string of the molecule is CC1(C)CC2OB=C3C=C(Cl)C(CN)OC32C=CO1.Cl. The van der Waals surface area contributed by atoms with Gasteiger partial charge in [-0.3, -0.25) is 0 Å². The van der Waals surface area contributed by atoms with Crippen molar-refractivity contribution >= 4 is 36.6 Å². The molecule has 110 valence electrons. The summed E-state index contributed by atoms with van der Waals surface area (Å²) in [6.45, 7) is 4.41. The van der Waals surface area contributed by atoms with Gasteiger partial charge in [-0.2, -0.15) is 0 Å². The predicted octanol–water partition coefficient (Wildman–Crippen LogP) is 1.53. The molecule has 0 saturated heterocycles. The number of hydrogen-bond acceptors (Lipinski definition) is 4. The van der Waals surface area contributed by atoms with Gasteiger partial charge in [-0.25, -0.2) is 0 Å². The summed E-state index contributed by atoms with van der Waals surface area (Å²) < 4.78 is 17.7. The van der Waals surface area contributed by atoms with Gasteiger partial charge in [0.1, 0.15) is 0 Å². The Morgan fingerprint density at radius 1 is 1.50 bits per heavy atom. The Bertz CT molecular complexity index is 492. The maximum absolute atomic E-state index is 6.18. The van der Waals surface area contributed by atoms with Gasteiger partial charge in [0.05, 0.1) is 0 Å². The van der Waals surface area contributed by atoms with Crippen LogP contribution in [-0.2, 0) is 14.1 Å². The average molecular weight is 318 g/mol. The zero-order valence-electron chi connectivity index (χ0n) is 11.5. The van der Waals surface area contributed by atoms with E-state index in [1.165, 1.54) is 0 Å². The third kappa shape index (κ3) is 2.41. The molecule has 3 aliphatic heterocycles. The summed E-state index contributed by atoms with van der Waals surface area (Å²) in [7, 11) is 1.73. The fraction of sp³-hybridized carbons (Fsp3) is 0.615. The van der Waals surface area contributed by atoms with Crippen molar-refractivity contribution in [2.75, 3.05) is 6.54 Å². The van der Waals surface area contributed by atoms with E-state index in [4.69, 9.17) is 31.5 Å². The molecule has 3 atom stereocenters. The van der Waals surface area contributed by atoms with Crippen LogP contribution in [0, 0.1) is 0 Å². The molecular weight excluding hydrogens is 300 g/mol. The second-order valence-corrected chi connectivity index (χ2v) is 6.18. The first kappa shape index (κ1) is 15.9. The van der Waals surface area contributed by atoms with E-state index in [0.717, 1.165) is 11.9 Å². The molecule has 0 radical (unpaired) electrons. The topological polar surface area (TPSA) is 53.7 Å². The van der Waals surface area contributed by atoms with Gasteiger partial charge in [-0.1, -0.05) is 0 Å². The molecule has 1 spiro atoms. The van der Waals surface area contributed by atoms with Gasteiger partial charge in [0.15, 0.2) is 0 Å². The number of hydrogen-bond donors (Lipinski definition) is 1. The van der Waals surface area contributed by atoms with Crippen molar-refractivity contribution in [1.82, 2.24) is 0 Å². The molecule has 0 aromatic rings. The van der Waals surface area contributed by atoms with Gasteiger partial charge in [0, 0.05) is 0 Å². The number of rotatable bonds is 1. The van der Waals surface area contributed by atoms with Gasteiger partial charge in [-0.05, 0) is 0 Å². The van der Waals surface area contributed by atoms with E-state index >= 15 is 0 Å². The minimum atomic E-state index is -0.629. The van der Waals surface area contributed by atoms with Gasteiger partial charge in [-0.15, -0.1) is 12.4 Å². The van der Waals surface area contributed by atoms with E-state index < -0.39 is 5.60 Å². The average Bonchev–Trinajstić information content (AvgIpc) is 2.60. The van der Waals surface area contributed by atoms with E-state index in [1.807, 2.05) is 26.0 Å².